The lowest BCUT2D eigenvalue weighted by atomic mass is 10.2. The number of methoxy groups -OCH3 is 1. The van der Waals surface area contributed by atoms with E-state index in [4.69, 9.17) is 0 Å². The quantitative estimate of drug-likeness (QED) is 0.575. The number of halogens is 2. The van der Waals surface area contributed by atoms with E-state index in [1.807, 2.05) is 0 Å². The molecule has 1 fully saturated rings. The minimum absolute atomic E-state index is 0.358. The van der Waals surface area contributed by atoms with Crippen molar-refractivity contribution in [2.45, 2.75) is 24.8 Å². The number of amides is 2. The van der Waals surface area contributed by atoms with Crippen LogP contribution in [0.2, 0.25) is 0 Å². The monoisotopic (exact) mass is 320 g/mol. The molecule has 0 aromatic heterocycles. The van der Waals surface area contributed by atoms with Gasteiger partial charge in [-0.05, 0) is 18.9 Å². The number of hydrogen-bond donors (Lipinski definition) is 1. The van der Waals surface area contributed by atoms with Gasteiger partial charge in [-0.3, -0.25) is 4.79 Å². The lowest BCUT2D eigenvalue weighted by Gasteiger charge is -2.22. The Balaban J connectivity index is 2.40. The van der Waals surface area contributed by atoms with Gasteiger partial charge in [-0.25, -0.2) is 9.59 Å². The van der Waals surface area contributed by atoms with E-state index in [9.17, 15) is 23.2 Å². The Bertz CT molecular complexity index is 456. The third-order valence-electron chi connectivity index (χ3n) is 3.12. The van der Waals surface area contributed by atoms with Crippen molar-refractivity contribution < 1.29 is 32.6 Å². The van der Waals surface area contributed by atoms with Crippen molar-refractivity contribution in [1.82, 2.24) is 10.2 Å². The van der Waals surface area contributed by atoms with E-state index in [2.05, 4.69) is 21.4 Å². The second kappa shape index (κ2) is 7.71. The van der Waals surface area contributed by atoms with Gasteiger partial charge in [-0.2, -0.15) is 8.78 Å². The topological polar surface area (TPSA) is 84.9 Å². The largest absolute Gasteiger partial charge is 0.467 e. The van der Waals surface area contributed by atoms with E-state index in [-0.39, 0.29) is 0 Å². The van der Waals surface area contributed by atoms with Crippen LogP contribution in [0.25, 0.3) is 0 Å². The molecule has 0 aromatic rings. The van der Waals surface area contributed by atoms with Crippen molar-refractivity contribution in [3.63, 3.8) is 0 Å². The number of alkyl carbamates (subject to hydrolysis) is 1. The summed E-state index contributed by atoms with van der Waals surface area (Å²) >= 11 is 0. The van der Waals surface area contributed by atoms with Crippen LogP contribution in [0.15, 0.2) is 12.7 Å². The maximum absolute atomic E-state index is 12.8. The van der Waals surface area contributed by atoms with Crippen LogP contribution in [0.3, 0.4) is 0 Å². The highest BCUT2D eigenvalue weighted by atomic mass is 19.3. The summed E-state index contributed by atoms with van der Waals surface area (Å²) in [5.74, 6) is -4.37. The van der Waals surface area contributed by atoms with Gasteiger partial charge in [0.1, 0.15) is 12.6 Å². The Morgan fingerprint density at radius 3 is 2.73 bits per heavy atom. The van der Waals surface area contributed by atoms with Crippen molar-refractivity contribution in [2.24, 2.45) is 0 Å². The Kier molecular flexibility index (Phi) is 6.26. The van der Waals surface area contributed by atoms with Gasteiger partial charge in [-0.15, -0.1) is 0 Å². The maximum Gasteiger partial charge on any atom is 0.407 e. The molecule has 1 heterocycles. The fraction of sp³-hybridized carbons (Fsp3) is 0.615. The summed E-state index contributed by atoms with van der Waals surface area (Å²) in [6.07, 6.45) is 0.329. The summed E-state index contributed by atoms with van der Waals surface area (Å²) in [7, 11) is 1.22. The first kappa shape index (κ1) is 17.9. The molecular weight excluding hydrogens is 302 g/mol. The van der Waals surface area contributed by atoms with Crippen molar-refractivity contribution in [2.75, 3.05) is 26.8 Å². The van der Waals surface area contributed by atoms with Crippen molar-refractivity contribution in [1.29, 1.82) is 0 Å². The molecule has 124 valence electrons. The summed E-state index contributed by atoms with van der Waals surface area (Å²) < 4.78 is 34.4. The zero-order valence-corrected chi connectivity index (χ0v) is 12.1. The molecule has 1 unspecified atom stereocenters. The average molecular weight is 320 g/mol. The second-order valence-electron chi connectivity index (χ2n) is 4.66. The number of esters is 1. The molecule has 0 aromatic carbocycles. The van der Waals surface area contributed by atoms with Crippen LogP contribution in [0.1, 0.15) is 12.8 Å². The highest BCUT2D eigenvalue weighted by Crippen LogP contribution is 2.18. The Morgan fingerprint density at radius 2 is 2.14 bits per heavy atom. The molecule has 1 N–H and O–H groups in total. The van der Waals surface area contributed by atoms with Crippen LogP contribution < -0.4 is 5.32 Å². The van der Waals surface area contributed by atoms with E-state index >= 15 is 0 Å². The predicted octanol–water partition coefficient (Wildman–Crippen LogP) is 0.698. The molecule has 1 aliphatic rings. The van der Waals surface area contributed by atoms with Gasteiger partial charge in [-0.1, -0.05) is 6.58 Å². The minimum Gasteiger partial charge on any atom is -0.467 e. The second-order valence-corrected chi connectivity index (χ2v) is 4.66. The Labute approximate surface area is 126 Å². The van der Waals surface area contributed by atoms with Gasteiger partial charge >= 0.3 is 12.1 Å². The third-order valence-corrected chi connectivity index (χ3v) is 3.12. The van der Waals surface area contributed by atoms with Crippen LogP contribution in [-0.4, -0.2) is 61.6 Å². The molecule has 0 radical (unpaired) electrons. The standard InChI is InChI=1S/C13H18F2N2O5/c1-3-13(14,15)8-22-12(20)16-7-10(18)17-6-4-5-9(17)11(19)21-2/h3,9H,1,4-8H2,2H3,(H,16,20). The van der Waals surface area contributed by atoms with E-state index in [1.54, 1.807) is 0 Å². The molecule has 0 spiro atoms. The van der Waals surface area contributed by atoms with Crippen LogP contribution in [-0.2, 0) is 19.1 Å². The Morgan fingerprint density at radius 1 is 1.45 bits per heavy atom. The molecule has 0 saturated carbocycles. The van der Waals surface area contributed by atoms with Crippen LogP contribution in [0, 0.1) is 0 Å². The lowest BCUT2D eigenvalue weighted by Crippen LogP contribution is -2.46. The number of hydrogen-bond acceptors (Lipinski definition) is 5. The van der Waals surface area contributed by atoms with Gasteiger partial charge in [0.2, 0.25) is 5.91 Å². The molecule has 1 saturated heterocycles. The molecule has 9 heteroatoms. The SMILES string of the molecule is C=CC(F)(F)COC(=O)NCC(=O)N1CCCC1C(=O)OC. The number of nitrogens with zero attached hydrogens (tertiary/aromatic N) is 1. The van der Waals surface area contributed by atoms with Gasteiger partial charge in [0.25, 0.3) is 5.92 Å². The number of likely N-dealkylation sites (tertiary alicyclic amines) is 1. The molecule has 1 atom stereocenters. The zero-order chi connectivity index (χ0) is 16.8. The summed E-state index contributed by atoms with van der Waals surface area (Å²) in [4.78, 5) is 35.9. The lowest BCUT2D eigenvalue weighted by molar-refractivity contribution is -0.150. The maximum atomic E-state index is 12.8. The highest BCUT2D eigenvalue weighted by molar-refractivity contribution is 5.87. The predicted molar refractivity (Wildman–Crippen MR) is 71.2 cm³/mol. The minimum atomic E-state index is -3.33. The number of nitrogens with one attached hydrogen (secondary N) is 1. The molecule has 22 heavy (non-hydrogen) atoms. The highest BCUT2D eigenvalue weighted by Gasteiger charge is 2.34. The van der Waals surface area contributed by atoms with E-state index < -0.39 is 43.1 Å². The first-order chi connectivity index (χ1) is 10.3. The van der Waals surface area contributed by atoms with Crippen LogP contribution in [0.4, 0.5) is 13.6 Å². The van der Waals surface area contributed by atoms with Crippen molar-refractivity contribution in [3.05, 3.63) is 12.7 Å². The molecule has 1 rings (SSSR count). The summed E-state index contributed by atoms with van der Waals surface area (Å²) in [5.41, 5.74) is 0. The molecule has 2 amide bonds. The van der Waals surface area contributed by atoms with E-state index in [0.29, 0.717) is 25.5 Å². The van der Waals surface area contributed by atoms with Gasteiger partial charge in [0.15, 0.2) is 6.61 Å². The van der Waals surface area contributed by atoms with Gasteiger partial charge < -0.3 is 19.7 Å². The van der Waals surface area contributed by atoms with Crippen LogP contribution in [0.5, 0.6) is 0 Å². The number of carbonyl (C=O) groups excluding carboxylic acids is 3. The fourth-order valence-corrected chi connectivity index (χ4v) is 1.97. The number of alkyl halides is 2. The molecule has 0 bridgehead atoms. The third kappa shape index (κ3) is 4.97. The van der Waals surface area contributed by atoms with Crippen molar-refractivity contribution in [3.8, 4) is 0 Å². The average Bonchev–Trinajstić information content (AvgIpc) is 2.99. The van der Waals surface area contributed by atoms with Gasteiger partial charge in [0, 0.05) is 6.54 Å². The zero-order valence-electron chi connectivity index (χ0n) is 12.1. The molecule has 0 aliphatic carbocycles. The molecule has 1 aliphatic heterocycles. The first-order valence-corrected chi connectivity index (χ1v) is 6.60. The summed E-state index contributed by atoms with van der Waals surface area (Å²) in [6.45, 7) is 1.65. The normalized spacial score (nSPS) is 17.8. The fourth-order valence-electron chi connectivity index (χ4n) is 1.97. The number of carbonyl (C=O) groups is 3. The Hall–Kier alpha value is -2.19. The number of rotatable bonds is 6. The van der Waals surface area contributed by atoms with Crippen molar-refractivity contribution >= 4 is 18.0 Å². The van der Waals surface area contributed by atoms with E-state index in [0.717, 1.165) is 0 Å². The van der Waals surface area contributed by atoms with Gasteiger partial charge in [0.05, 0.1) is 7.11 Å². The van der Waals surface area contributed by atoms with Crippen LogP contribution >= 0.6 is 0 Å². The summed E-state index contributed by atoms with van der Waals surface area (Å²) in [6, 6.07) is -0.680. The first-order valence-electron chi connectivity index (χ1n) is 6.60. The summed E-state index contributed by atoms with van der Waals surface area (Å²) in [5, 5.41) is 2.06. The molecular formula is C13H18F2N2O5. The molecule has 7 nitrogen and oxygen atoms in total. The number of ether oxygens (including phenoxy) is 2. The smallest absolute Gasteiger partial charge is 0.407 e. The van der Waals surface area contributed by atoms with E-state index in [1.165, 1.54) is 12.0 Å².